The number of imidazole rings is 1. The van der Waals surface area contributed by atoms with Crippen molar-refractivity contribution in [1.82, 2.24) is 9.55 Å². The molecule has 11 heteroatoms. The van der Waals surface area contributed by atoms with Crippen molar-refractivity contribution in [2.24, 2.45) is 4.99 Å². The quantitative estimate of drug-likeness (QED) is 0.514. The second kappa shape index (κ2) is 9.88. The van der Waals surface area contributed by atoms with Crippen LogP contribution in [0.15, 0.2) is 53.7 Å². The van der Waals surface area contributed by atoms with E-state index in [1.807, 2.05) is 48.9 Å². The summed E-state index contributed by atoms with van der Waals surface area (Å²) < 4.78 is 17.8. The van der Waals surface area contributed by atoms with E-state index in [-0.39, 0.29) is 12.5 Å². The number of fused-ring (bicyclic) bond motifs is 3. The molecule has 0 bridgehead atoms. The number of aryl methyl sites for hydroxylation is 1. The normalized spacial score (nSPS) is 22.3. The number of halogens is 2. The van der Waals surface area contributed by atoms with Gasteiger partial charge in [0.15, 0.2) is 17.9 Å². The number of carboxylic acid groups (broad SMARTS) is 2. The maximum Gasteiger partial charge on any atom is 0.335 e. The lowest BCUT2D eigenvalue weighted by molar-refractivity contribution is -0.165. The van der Waals surface area contributed by atoms with E-state index in [4.69, 9.17) is 37.0 Å². The number of allylic oxidation sites excluding steroid dienone is 4. The van der Waals surface area contributed by atoms with Crippen LogP contribution in [0.25, 0.3) is 5.69 Å². The molecule has 0 spiro atoms. The van der Waals surface area contributed by atoms with Crippen molar-refractivity contribution in [2.45, 2.75) is 44.2 Å². The van der Waals surface area contributed by atoms with Crippen LogP contribution >= 0.6 is 11.6 Å². The zero-order chi connectivity index (χ0) is 25.2. The number of aliphatic hydroxyl groups excluding tert-OH is 2. The zero-order valence-electron chi connectivity index (χ0n) is 18.3. The Hall–Kier alpha value is -3.34. The molecule has 4 unspecified atom stereocenters. The highest BCUT2D eigenvalue weighted by atomic mass is 35.5. The van der Waals surface area contributed by atoms with Gasteiger partial charge >= 0.3 is 11.9 Å². The van der Waals surface area contributed by atoms with Gasteiger partial charge in [-0.2, -0.15) is 0 Å². The minimum absolute atomic E-state index is 0.195. The first-order valence-electron chi connectivity index (χ1n) is 10.2. The van der Waals surface area contributed by atoms with Crippen LogP contribution in [-0.2, 0) is 9.59 Å². The third-order valence-corrected chi connectivity index (χ3v) is 5.63. The second-order valence-electron chi connectivity index (χ2n) is 7.80. The van der Waals surface area contributed by atoms with Gasteiger partial charge in [0, 0.05) is 17.0 Å². The molecule has 4 rings (SSSR count). The summed E-state index contributed by atoms with van der Waals surface area (Å²) in [4.78, 5) is 28.7. The summed E-state index contributed by atoms with van der Waals surface area (Å²) in [6.45, 7) is 3.90. The van der Waals surface area contributed by atoms with Gasteiger partial charge in [0.05, 0.1) is 29.3 Å². The highest BCUT2D eigenvalue weighted by molar-refractivity contribution is 6.31. The molecular weight excluding hydrogens is 469 g/mol. The van der Waals surface area contributed by atoms with Crippen molar-refractivity contribution in [2.75, 3.05) is 0 Å². The number of aliphatic carboxylic acids is 2. The van der Waals surface area contributed by atoms with Crippen LogP contribution in [-0.4, -0.2) is 65.5 Å². The molecule has 0 radical (unpaired) electrons. The Kier molecular flexibility index (Phi) is 7.35. The summed E-state index contributed by atoms with van der Waals surface area (Å²) in [6, 6.07) is 5.33. The Morgan fingerprint density at radius 2 is 1.85 bits per heavy atom. The van der Waals surface area contributed by atoms with E-state index in [0.717, 1.165) is 22.8 Å². The predicted octanol–water partition coefficient (Wildman–Crippen LogP) is 2.80. The monoisotopic (exact) mass is 491 g/mol. The van der Waals surface area contributed by atoms with Gasteiger partial charge in [-0.05, 0) is 38.1 Å². The number of benzene rings is 1. The molecule has 1 aliphatic heterocycles. The number of carbonyl (C=O) groups is 2. The lowest BCUT2D eigenvalue weighted by Crippen LogP contribution is -2.39. The predicted molar refractivity (Wildman–Crippen MR) is 122 cm³/mol. The minimum atomic E-state index is -2.27. The van der Waals surface area contributed by atoms with Crippen molar-refractivity contribution >= 4 is 29.3 Å². The molecule has 2 heterocycles. The van der Waals surface area contributed by atoms with Crippen molar-refractivity contribution < 1.29 is 34.4 Å². The van der Waals surface area contributed by atoms with Crippen molar-refractivity contribution in [3.63, 3.8) is 0 Å². The van der Waals surface area contributed by atoms with Gasteiger partial charge in [0.25, 0.3) is 0 Å². The van der Waals surface area contributed by atoms with Gasteiger partial charge in [-0.25, -0.2) is 19.0 Å². The van der Waals surface area contributed by atoms with Gasteiger partial charge < -0.3 is 20.4 Å². The molecule has 1 aromatic carbocycles. The first kappa shape index (κ1) is 25.3. The molecule has 1 aromatic heterocycles. The van der Waals surface area contributed by atoms with E-state index < -0.39 is 29.8 Å². The Bertz CT molecular complexity index is 1190. The van der Waals surface area contributed by atoms with E-state index in [9.17, 15) is 9.59 Å². The Morgan fingerprint density at radius 3 is 2.41 bits per heavy atom. The third-order valence-electron chi connectivity index (χ3n) is 5.39. The van der Waals surface area contributed by atoms with Crippen LogP contribution in [0, 0.1) is 6.92 Å². The standard InChI is InChI=1S/C19H17ClFN3.C4H6O6/c1-12-17-11-22-13(2)24(17)16-7-6-14(20)10-15(16)18(23-12)19(21)8-4-3-5-9-19;5-1(3(7)8)2(6)4(9)10/h3-8,10-12H,9H2,1-2H3;1-2,5-6H,(H,7,8)(H,9,10). The summed E-state index contributed by atoms with van der Waals surface area (Å²) >= 11 is 6.22. The number of rotatable bonds is 4. The van der Waals surface area contributed by atoms with Crippen molar-refractivity contribution in [1.29, 1.82) is 0 Å². The second-order valence-corrected chi connectivity index (χ2v) is 8.24. The maximum absolute atomic E-state index is 15.7. The lowest BCUT2D eigenvalue weighted by atomic mass is 9.87. The Morgan fingerprint density at radius 1 is 1.21 bits per heavy atom. The highest BCUT2D eigenvalue weighted by Crippen LogP contribution is 2.37. The van der Waals surface area contributed by atoms with Crippen molar-refractivity contribution in [3.8, 4) is 5.69 Å². The molecule has 180 valence electrons. The van der Waals surface area contributed by atoms with Crippen molar-refractivity contribution in [3.05, 3.63) is 70.8 Å². The van der Waals surface area contributed by atoms with E-state index in [1.165, 1.54) is 0 Å². The molecule has 2 aromatic rings. The number of hydrogen-bond acceptors (Lipinski definition) is 6. The fourth-order valence-electron chi connectivity index (χ4n) is 3.66. The highest BCUT2D eigenvalue weighted by Gasteiger charge is 2.38. The molecule has 0 saturated heterocycles. The largest absolute Gasteiger partial charge is 0.479 e. The number of nitrogens with zero attached hydrogens (tertiary/aromatic N) is 3. The molecule has 0 saturated carbocycles. The Balaban J connectivity index is 0.000000277. The molecule has 0 fully saturated rings. The number of alkyl halides is 1. The average molecular weight is 492 g/mol. The number of carboxylic acids is 2. The van der Waals surface area contributed by atoms with Crippen LogP contribution in [0.3, 0.4) is 0 Å². The molecular formula is C23H23ClFN3O6. The molecule has 0 amide bonds. The summed E-state index contributed by atoms with van der Waals surface area (Å²) in [7, 11) is 0. The molecule has 4 N–H and O–H groups in total. The van der Waals surface area contributed by atoms with Crippen LogP contribution in [0.1, 0.15) is 36.5 Å². The molecule has 2 aliphatic rings. The van der Waals surface area contributed by atoms with E-state index in [0.29, 0.717) is 10.7 Å². The van der Waals surface area contributed by atoms with Crippen LogP contribution in [0.4, 0.5) is 4.39 Å². The van der Waals surface area contributed by atoms with Gasteiger partial charge in [-0.15, -0.1) is 0 Å². The zero-order valence-corrected chi connectivity index (χ0v) is 19.0. The average Bonchev–Trinajstić information content (AvgIpc) is 3.12. The Labute approximate surface area is 199 Å². The van der Waals surface area contributed by atoms with Gasteiger partial charge in [0.2, 0.25) is 0 Å². The number of aromatic nitrogens is 2. The van der Waals surface area contributed by atoms with E-state index in [2.05, 4.69) is 4.98 Å². The van der Waals surface area contributed by atoms with Gasteiger partial charge in [0.1, 0.15) is 5.82 Å². The molecule has 1 aliphatic carbocycles. The lowest BCUT2D eigenvalue weighted by Gasteiger charge is -2.25. The topological polar surface area (TPSA) is 145 Å². The van der Waals surface area contributed by atoms with Gasteiger partial charge in [-0.1, -0.05) is 29.8 Å². The van der Waals surface area contributed by atoms with Gasteiger partial charge in [-0.3, -0.25) is 9.56 Å². The first-order valence-corrected chi connectivity index (χ1v) is 10.6. The summed E-state index contributed by atoms with van der Waals surface area (Å²) in [6.07, 6.45) is 4.55. The maximum atomic E-state index is 15.7. The van der Waals surface area contributed by atoms with Crippen LogP contribution < -0.4 is 0 Å². The number of hydrogen-bond donors (Lipinski definition) is 4. The van der Waals surface area contributed by atoms with Crippen LogP contribution in [0.5, 0.6) is 0 Å². The molecule has 9 nitrogen and oxygen atoms in total. The smallest absolute Gasteiger partial charge is 0.335 e. The number of aliphatic imine (C=N–C) groups is 1. The summed E-state index contributed by atoms with van der Waals surface area (Å²) in [5.41, 5.74) is 1.33. The minimum Gasteiger partial charge on any atom is -0.479 e. The van der Waals surface area contributed by atoms with E-state index >= 15 is 4.39 Å². The fraction of sp³-hybridized carbons (Fsp3) is 0.304. The SMILES string of the molecule is Cc1ncc2n1-c1ccc(Cl)cc1C(C1(F)C=CC=CC1)=NC2C.O=C(O)C(O)C(O)C(=O)O. The summed E-state index contributed by atoms with van der Waals surface area (Å²) in [5.74, 6) is -2.69. The van der Waals surface area contributed by atoms with E-state index in [1.54, 1.807) is 18.2 Å². The first-order chi connectivity index (χ1) is 16.0. The van der Waals surface area contributed by atoms with Crippen LogP contribution in [0.2, 0.25) is 5.02 Å². The number of aliphatic hydroxyl groups is 2. The molecule has 4 atom stereocenters. The molecule has 34 heavy (non-hydrogen) atoms. The third kappa shape index (κ3) is 4.93. The fourth-order valence-corrected chi connectivity index (χ4v) is 3.84. The summed E-state index contributed by atoms with van der Waals surface area (Å²) in [5, 5.41) is 33.1.